The predicted molar refractivity (Wildman–Crippen MR) is 44.5 cm³/mol. The fraction of sp³-hybridized carbons (Fsp3) is 0.889. The van der Waals surface area contributed by atoms with Crippen molar-refractivity contribution in [2.45, 2.75) is 26.7 Å². The monoisotopic (exact) mass is 172 g/mol. The Hall–Kier alpha value is -0.570. The van der Waals surface area contributed by atoms with Crippen LogP contribution < -0.4 is 0 Å². The molecule has 1 fully saturated rings. The molecule has 0 saturated carbocycles. The molecule has 0 spiro atoms. The molecule has 0 bridgehead atoms. The van der Waals surface area contributed by atoms with Crippen molar-refractivity contribution in [3.8, 4) is 0 Å². The zero-order chi connectivity index (χ0) is 9.19. The van der Waals surface area contributed by atoms with Gasteiger partial charge in [-0.15, -0.1) is 0 Å². The van der Waals surface area contributed by atoms with Crippen LogP contribution in [0.3, 0.4) is 0 Å². The second-order valence-electron chi connectivity index (χ2n) is 3.78. The van der Waals surface area contributed by atoms with E-state index in [1.165, 1.54) is 0 Å². The van der Waals surface area contributed by atoms with Gasteiger partial charge < -0.3 is 9.84 Å². The molecule has 12 heavy (non-hydrogen) atoms. The van der Waals surface area contributed by atoms with E-state index in [1.807, 2.05) is 13.8 Å². The zero-order valence-corrected chi connectivity index (χ0v) is 7.67. The molecule has 1 aliphatic heterocycles. The molecule has 2 unspecified atom stereocenters. The standard InChI is InChI=1S/C9H16O3/c1-3-7-4-8(11)12-6-9(7,2)5-10/h7,10H,3-6H2,1-2H3. The third-order valence-corrected chi connectivity index (χ3v) is 2.82. The van der Waals surface area contributed by atoms with E-state index in [-0.39, 0.29) is 23.9 Å². The Kier molecular flexibility index (Phi) is 2.73. The second-order valence-corrected chi connectivity index (χ2v) is 3.78. The molecule has 2 atom stereocenters. The Bertz CT molecular complexity index is 179. The van der Waals surface area contributed by atoms with Crippen molar-refractivity contribution in [2.75, 3.05) is 13.2 Å². The number of carbonyl (C=O) groups excluding carboxylic acids is 1. The Morgan fingerprint density at radius 3 is 2.92 bits per heavy atom. The van der Waals surface area contributed by atoms with E-state index in [9.17, 15) is 4.79 Å². The highest BCUT2D eigenvalue weighted by Gasteiger charge is 2.39. The lowest BCUT2D eigenvalue weighted by Gasteiger charge is -2.38. The van der Waals surface area contributed by atoms with Crippen LogP contribution in [0.15, 0.2) is 0 Å². The molecule has 0 aromatic rings. The first-order chi connectivity index (χ1) is 5.62. The Balaban J connectivity index is 2.68. The van der Waals surface area contributed by atoms with Gasteiger partial charge in [0.05, 0.1) is 13.2 Å². The lowest BCUT2D eigenvalue weighted by atomic mass is 9.74. The molecule has 0 aliphatic carbocycles. The maximum atomic E-state index is 10.9. The summed E-state index contributed by atoms with van der Waals surface area (Å²) < 4.78 is 4.92. The Morgan fingerprint density at radius 2 is 2.42 bits per heavy atom. The van der Waals surface area contributed by atoms with Crippen molar-refractivity contribution < 1.29 is 14.6 Å². The molecule has 70 valence electrons. The predicted octanol–water partition coefficient (Wildman–Crippen LogP) is 0.958. The molecule has 1 saturated heterocycles. The van der Waals surface area contributed by atoms with Crippen LogP contribution in [0.5, 0.6) is 0 Å². The van der Waals surface area contributed by atoms with Crippen LogP contribution in [0.4, 0.5) is 0 Å². The van der Waals surface area contributed by atoms with Crippen LogP contribution in [0.25, 0.3) is 0 Å². The first kappa shape index (κ1) is 9.52. The fourth-order valence-corrected chi connectivity index (χ4v) is 1.68. The van der Waals surface area contributed by atoms with Crippen molar-refractivity contribution >= 4 is 5.97 Å². The van der Waals surface area contributed by atoms with Crippen molar-refractivity contribution in [3.63, 3.8) is 0 Å². The number of hydrogen-bond acceptors (Lipinski definition) is 3. The lowest BCUT2D eigenvalue weighted by Crippen LogP contribution is -2.42. The molecular weight excluding hydrogens is 156 g/mol. The van der Waals surface area contributed by atoms with Crippen LogP contribution in [-0.2, 0) is 9.53 Å². The molecular formula is C9H16O3. The van der Waals surface area contributed by atoms with E-state index >= 15 is 0 Å². The number of rotatable bonds is 2. The maximum Gasteiger partial charge on any atom is 0.306 e. The number of esters is 1. The number of aliphatic hydroxyl groups is 1. The highest BCUT2D eigenvalue weighted by atomic mass is 16.5. The van der Waals surface area contributed by atoms with Crippen molar-refractivity contribution in [3.05, 3.63) is 0 Å². The van der Waals surface area contributed by atoms with Gasteiger partial charge in [-0.2, -0.15) is 0 Å². The van der Waals surface area contributed by atoms with Gasteiger partial charge in [-0.1, -0.05) is 20.3 Å². The third-order valence-electron chi connectivity index (χ3n) is 2.82. The Morgan fingerprint density at radius 1 is 1.75 bits per heavy atom. The number of carbonyl (C=O) groups is 1. The topological polar surface area (TPSA) is 46.5 Å². The minimum atomic E-state index is -0.220. The van der Waals surface area contributed by atoms with Crippen LogP contribution >= 0.6 is 0 Å². The van der Waals surface area contributed by atoms with E-state index in [0.717, 1.165) is 6.42 Å². The molecule has 1 rings (SSSR count). The lowest BCUT2D eigenvalue weighted by molar-refractivity contribution is -0.162. The third kappa shape index (κ3) is 1.61. The van der Waals surface area contributed by atoms with Crippen molar-refractivity contribution in [1.29, 1.82) is 0 Å². The molecule has 3 nitrogen and oxygen atoms in total. The smallest absolute Gasteiger partial charge is 0.306 e. The SMILES string of the molecule is CCC1CC(=O)OCC1(C)CO. The summed E-state index contributed by atoms with van der Waals surface area (Å²) in [5.74, 6) is 0.136. The van der Waals surface area contributed by atoms with Gasteiger partial charge in [0.15, 0.2) is 0 Å². The minimum Gasteiger partial charge on any atom is -0.465 e. The maximum absolute atomic E-state index is 10.9. The number of aliphatic hydroxyl groups excluding tert-OH is 1. The largest absolute Gasteiger partial charge is 0.465 e. The molecule has 0 radical (unpaired) electrons. The summed E-state index contributed by atoms with van der Waals surface area (Å²) in [7, 11) is 0. The highest BCUT2D eigenvalue weighted by molar-refractivity contribution is 5.70. The summed E-state index contributed by atoms with van der Waals surface area (Å²) in [6, 6.07) is 0. The van der Waals surface area contributed by atoms with Gasteiger partial charge in [-0.3, -0.25) is 4.79 Å². The van der Waals surface area contributed by atoms with E-state index in [4.69, 9.17) is 9.84 Å². The molecule has 1 aliphatic rings. The average molecular weight is 172 g/mol. The van der Waals surface area contributed by atoms with E-state index in [2.05, 4.69) is 0 Å². The molecule has 1 N–H and O–H groups in total. The first-order valence-corrected chi connectivity index (χ1v) is 4.39. The van der Waals surface area contributed by atoms with E-state index < -0.39 is 0 Å². The van der Waals surface area contributed by atoms with Gasteiger partial charge in [-0.05, 0) is 5.92 Å². The minimum absolute atomic E-state index is 0.0960. The van der Waals surface area contributed by atoms with Gasteiger partial charge in [-0.25, -0.2) is 0 Å². The van der Waals surface area contributed by atoms with Gasteiger partial charge in [0.25, 0.3) is 0 Å². The quantitative estimate of drug-likeness (QED) is 0.631. The molecule has 3 heteroatoms. The van der Waals surface area contributed by atoms with Gasteiger partial charge >= 0.3 is 5.97 Å². The summed E-state index contributed by atoms with van der Waals surface area (Å²) in [5, 5.41) is 9.15. The first-order valence-electron chi connectivity index (χ1n) is 4.39. The molecule has 0 aromatic heterocycles. The molecule has 0 amide bonds. The van der Waals surface area contributed by atoms with E-state index in [0.29, 0.717) is 13.0 Å². The molecule has 1 heterocycles. The summed E-state index contributed by atoms with van der Waals surface area (Å²) in [4.78, 5) is 10.9. The number of hydrogen-bond donors (Lipinski definition) is 1. The highest BCUT2D eigenvalue weighted by Crippen LogP contribution is 2.36. The summed E-state index contributed by atoms with van der Waals surface area (Å²) in [6.45, 7) is 4.46. The van der Waals surface area contributed by atoms with Gasteiger partial charge in [0.2, 0.25) is 0 Å². The zero-order valence-electron chi connectivity index (χ0n) is 7.67. The van der Waals surface area contributed by atoms with Crippen LogP contribution in [0.2, 0.25) is 0 Å². The fourth-order valence-electron chi connectivity index (χ4n) is 1.68. The second kappa shape index (κ2) is 3.44. The Labute approximate surface area is 72.7 Å². The van der Waals surface area contributed by atoms with E-state index in [1.54, 1.807) is 0 Å². The van der Waals surface area contributed by atoms with Crippen LogP contribution in [0, 0.1) is 11.3 Å². The van der Waals surface area contributed by atoms with Crippen molar-refractivity contribution in [1.82, 2.24) is 0 Å². The normalized spacial score (nSPS) is 36.2. The average Bonchev–Trinajstić information content (AvgIpc) is 2.09. The van der Waals surface area contributed by atoms with Crippen LogP contribution in [-0.4, -0.2) is 24.3 Å². The van der Waals surface area contributed by atoms with Crippen LogP contribution in [0.1, 0.15) is 26.7 Å². The molecule has 0 aromatic carbocycles. The summed E-state index contributed by atoms with van der Waals surface area (Å²) in [5.41, 5.74) is -0.220. The number of ether oxygens (including phenoxy) is 1. The summed E-state index contributed by atoms with van der Waals surface area (Å²) in [6.07, 6.45) is 1.37. The number of cyclic esters (lactones) is 1. The van der Waals surface area contributed by atoms with Gasteiger partial charge in [0.1, 0.15) is 0 Å². The van der Waals surface area contributed by atoms with Crippen molar-refractivity contribution in [2.24, 2.45) is 11.3 Å². The van der Waals surface area contributed by atoms with Gasteiger partial charge in [0, 0.05) is 11.8 Å². The summed E-state index contributed by atoms with van der Waals surface area (Å²) >= 11 is 0.